The number of rotatable bonds is 3. The minimum atomic E-state index is -0.732. The summed E-state index contributed by atoms with van der Waals surface area (Å²) in [7, 11) is 0. The monoisotopic (exact) mass is 279 g/mol. The van der Waals surface area contributed by atoms with Gasteiger partial charge in [-0.05, 0) is 55.4 Å². The van der Waals surface area contributed by atoms with Gasteiger partial charge in [0.05, 0.1) is 0 Å². The molecule has 2 N–H and O–H groups in total. The summed E-state index contributed by atoms with van der Waals surface area (Å²) in [6.07, 6.45) is 3.11. The van der Waals surface area contributed by atoms with Crippen LogP contribution in [0.4, 0.5) is 4.79 Å². The molecule has 102 valence electrons. The predicted molar refractivity (Wildman–Crippen MR) is 77.0 cm³/mol. The first-order valence-electron chi connectivity index (χ1n) is 6.52. The van der Waals surface area contributed by atoms with Crippen LogP contribution < -0.4 is 5.73 Å². The van der Waals surface area contributed by atoms with E-state index < -0.39 is 6.09 Å². The Morgan fingerprint density at radius 2 is 2.00 bits per heavy atom. The highest BCUT2D eigenvalue weighted by molar-refractivity contribution is 6.32. The lowest BCUT2D eigenvalue weighted by atomic mass is 9.85. The molecule has 1 aliphatic carbocycles. The van der Waals surface area contributed by atoms with Gasteiger partial charge in [0.25, 0.3) is 0 Å². The van der Waals surface area contributed by atoms with Crippen LogP contribution in [0.15, 0.2) is 29.8 Å². The quantitative estimate of drug-likeness (QED) is 0.903. The van der Waals surface area contributed by atoms with Crippen molar-refractivity contribution in [3.05, 3.63) is 40.4 Å². The van der Waals surface area contributed by atoms with Gasteiger partial charge in [-0.1, -0.05) is 29.8 Å². The molecule has 1 amide bonds. The SMILES string of the molecule is C[C@H](OC(N)=O)C1=C(c2ccccc2Cl)CCCC1. The van der Waals surface area contributed by atoms with Crippen LogP contribution in [0.1, 0.15) is 38.2 Å². The number of ether oxygens (including phenoxy) is 1. The van der Waals surface area contributed by atoms with E-state index in [0.29, 0.717) is 0 Å². The normalized spacial score (nSPS) is 17.2. The summed E-state index contributed by atoms with van der Waals surface area (Å²) in [6.45, 7) is 1.86. The van der Waals surface area contributed by atoms with Crippen molar-refractivity contribution in [2.75, 3.05) is 0 Å². The number of hydrogen-bond donors (Lipinski definition) is 1. The summed E-state index contributed by atoms with van der Waals surface area (Å²) < 4.78 is 5.12. The molecule has 0 bridgehead atoms. The van der Waals surface area contributed by atoms with Gasteiger partial charge < -0.3 is 10.5 Å². The molecule has 0 saturated heterocycles. The van der Waals surface area contributed by atoms with Crippen molar-refractivity contribution in [3.63, 3.8) is 0 Å². The van der Waals surface area contributed by atoms with Crippen molar-refractivity contribution in [1.82, 2.24) is 0 Å². The van der Waals surface area contributed by atoms with E-state index in [-0.39, 0.29) is 6.10 Å². The number of halogens is 1. The molecule has 1 aromatic carbocycles. The molecule has 0 fully saturated rings. The van der Waals surface area contributed by atoms with Gasteiger partial charge in [-0.15, -0.1) is 0 Å². The van der Waals surface area contributed by atoms with Crippen LogP contribution in [-0.4, -0.2) is 12.2 Å². The highest BCUT2D eigenvalue weighted by atomic mass is 35.5. The van der Waals surface area contributed by atoms with E-state index in [0.717, 1.165) is 41.8 Å². The highest BCUT2D eigenvalue weighted by Crippen LogP contribution is 2.37. The Hall–Kier alpha value is -1.48. The molecule has 3 nitrogen and oxygen atoms in total. The lowest BCUT2D eigenvalue weighted by molar-refractivity contribution is 0.130. The first kappa shape index (κ1) is 13.9. The number of benzene rings is 1. The van der Waals surface area contributed by atoms with Crippen LogP contribution in [-0.2, 0) is 4.74 Å². The maximum atomic E-state index is 10.9. The summed E-state index contributed by atoms with van der Waals surface area (Å²) >= 11 is 6.27. The molecular weight excluding hydrogens is 262 g/mol. The third-order valence-corrected chi connectivity index (χ3v) is 3.82. The number of carbonyl (C=O) groups excluding carboxylic acids is 1. The van der Waals surface area contributed by atoms with Crippen LogP contribution in [0.25, 0.3) is 5.57 Å². The zero-order valence-corrected chi connectivity index (χ0v) is 11.7. The van der Waals surface area contributed by atoms with E-state index in [4.69, 9.17) is 22.1 Å². The second-order valence-electron chi connectivity index (χ2n) is 4.77. The van der Waals surface area contributed by atoms with Crippen LogP contribution in [0.5, 0.6) is 0 Å². The fourth-order valence-corrected chi connectivity index (χ4v) is 2.89. The highest BCUT2D eigenvalue weighted by Gasteiger charge is 2.22. The van der Waals surface area contributed by atoms with Crippen molar-refractivity contribution in [3.8, 4) is 0 Å². The van der Waals surface area contributed by atoms with Gasteiger partial charge in [-0.25, -0.2) is 4.79 Å². The standard InChI is InChI=1S/C15H18ClNO2/c1-10(19-15(17)18)11-6-2-3-7-12(11)13-8-4-5-9-14(13)16/h4-5,8-10H,2-3,6-7H2,1H3,(H2,17,18)/t10-/m0/s1. The molecule has 0 aromatic heterocycles. The summed E-state index contributed by atoms with van der Waals surface area (Å²) in [6, 6.07) is 7.79. The van der Waals surface area contributed by atoms with Gasteiger partial charge in [0.2, 0.25) is 0 Å². The van der Waals surface area contributed by atoms with Crippen LogP contribution in [0.2, 0.25) is 5.02 Å². The predicted octanol–water partition coefficient (Wildman–Crippen LogP) is 4.15. The molecule has 0 radical (unpaired) electrons. The lowest BCUT2D eigenvalue weighted by Gasteiger charge is -2.25. The number of hydrogen-bond acceptors (Lipinski definition) is 2. The van der Waals surface area contributed by atoms with E-state index in [9.17, 15) is 4.79 Å². The van der Waals surface area contributed by atoms with E-state index in [1.807, 2.05) is 31.2 Å². The largest absolute Gasteiger partial charge is 0.442 e. The van der Waals surface area contributed by atoms with Crippen LogP contribution in [0.3, 0.4) is 0 Å². The molecule has 0 aliphatic heterocycles. The minimum Gasteiger partial charge on any atom is -0.442 e. The fourth-order valence-electron chi connectivity index (χ4n) is 2.64. The average Bonchev–Trinajstić information content (AvgIpc) is 2.38. The Kier molecular flexibility index (Phi) is 4.48. The van der Waals surface area contributed by atoms with Gasteiger partial charge in [0.15, 0.2) is 0 Å². The van der Waals surface area contributed by atoms with Gasteiger partial charge in [-0.2, -0.15) is 0 Å². The smallest absolute Gasteiger partial charge is 0.405 e. The number of primary amides is 1. The zero-order valence-electron chi connectivity index (χ0n) is 11.0. The molecule has 1 atom stereocenters. The van der Waals surface area contributed by atoms with Crippen molar-refractivity contribution in [2.45, 2.75) is 38.7 Å². The minimum absolute atomic E-state index is 0.288. The van der Waals surface area contributed by atoms with Crippen LogP contribution >= 0.6 is 11.6 Å². The molecule has 4 heteroatoms. The number of carbonyl (C=O) groups is 1. The Labute approximate surface area is 118 Å². The molecule has 2 rings (SSSR count). The van der Waals surface area contributed by atoms with E-state index in [2.05, 4.69) is 0 Å². The Morgan fingerprint density at radius 1 is 1.32 bits per heavy atom. The third kappa shape index (κ3) is 3.29. The van der Waals surface area contributed by atoms with Crippen molar-refractivity contribution in [2.24, 2.45) is 5.73 Å². The number of amides is 1. The van der Waals surface area contributed by atoms with Crippen molar-refractivity contribution < 1.29 is 9.53 Å². The first-order valence-corrected chi connectivity index (χ1v) is 6.90. The van der Waals surface area contributed by atoms with E-state index >= 15 is 0 Å². The Balaban J connectivity index is 2.39. The summed E-state index contributed by atoms with van der Waals surface area (Å²) in [5.74, 6) is 0. The fraction of sp³-hybridized carbons (Fsp3) is 0.400. The molecule has 0 unspecified atom stereocenters. The Morgan fingerprint density at radius 3 is 2.68 bits per heavy atom. The molecule has 0 heterocycles. The summed E-state index contributed by atoms with van der Waals surface area (Å²) in [5.41, 5.74) is 8.48. The first-order chi connectivity index (χ1) is 9.09. The zero-order chi connectivity index (χ0) is 13.8. The van der Waals surface area contributed by atoms with Gasteiger partial charge >= 0.3 is 6.09 Å². The molecule has 1 aliphatic rings. The van der Waals surface area contributed by atoms with Crippen LogP contribution in [0, 0.1) is 0 Å². The molecule has 1 aromatic rings. The summed E-state index contributed by atoms with van der Waals surface area (Å²) in [4.78, 5) is 10.9. The maximum Gasteiger partial charge on any atom is 0.405 e. The molecular formula is C15H18ClNO2. The van der Waals surface area contributed by atoms with Gasteiger partial charge in [0.1, 0.15) is 6.10 Å². The lowest BCUT2D eigenvalue weighted by Crippen LogP contribution is -2.23. The van der Waals surface area contributed by atoms with Gasteiger partial charge in [0, 0.05) is 5.02 Å². The summed E-state index contributed by atoms with van der Waals surface area (Å²) in [5, 5.41) is 0.739. The molecule has 0 saturated carbocycles. The maximum absolute atomic E-state index is 10.9. The second kappa shape index (κ2) is 6.11. The molecule has 19 heavy (non-hydrogen) atoms. The van der Waals surface area contributed by atoms with E-state index in [1.54, 1.807) is 0 Å². The average molecular weight is 280 g/mol. The topological polar surface area (TPSA) is 52.3 Å². The molecule has 0 spiro atoms. The third-order valence-electron chi connectivity index (χ3n) is 3.49. The van der Waals surface area contributed by atoms with E-state index in [1.165, 1.54) is 5.57 Å². The number of allylic oxidation sites excluding steroid dienone is 1. The van der Waals surface area contributed by atoms with Gasteiger partial charge in [-0.3, -0.25) is 0 Å². The second-order valence-corrected chi connectivity index (χ2v) is 5.18. The van der Waals surface area contributed by atoms with Crippen molar-refractivity contribution in [1.29, 1.82) is 0 Å². The Bertz CT molecular complexity index is 511. The number of nitrogens with two attached hydrogens (primary N) is 1. The van der Waals surface area contributed by atoms with Crippen molar-refractivity contribution >= 4 is 23.3 Å².